The predicted molar refractivity (Wildman–Crippen MR) is 109 cm³/mol. The van der Waals surface area contributed by atoms with E-state index in [1.54, 1.807) is 4.90 Å². The molecule has 0 aromatic heterocycles. The fourth-order valence-corrected chi connectivity index (χ4v) is 3.91. The van der Waals surface area contributed by atoms with Gasteiger partial charge < -0.3 is 9.80 Å². The molecule has 2 amide bonds. The lowest BCUT2D eigenvalue weighted by Gasteiger charge is -2.35. The number of carbonyl (C=O) groups excluding carboxylic acids is 2. The minimum absolute atomic E-state index is 0.0612. The first-order chi connectivity index (χ1) is 13.4. The fraction of sp³-hybridized carbons (Fsp3) is 0.391. The number of piperidine rings is 1. The van der Waals surface area contributed by atoms with Gasteiger partial charge in [0.15, 0.2) is 0 Å². The van der Waals surface area contributed by atoms with Crippen LogP contribution >= 0.6 is 0 Å². The maximum absolute atomic E-state index is 13.3. The number of nitrogens with zero attached hydrogens (tertiary/aromatic N) is 2. The van der Waals surface area contributed by atoms with Crippen LogP contribution in [0.5, 0.6) is 0 Å². The Morgan fingerprint density at radius 1 is 1.14 bits per heavy atom. The van der Waals surface area contributed by atoms with Gasteiger partial charge in [0.25, 0.3) is 5.91 Å². The molecule has 1 fully saturated rings. The Bertz CT molecular complexity index is 863. The summed E-state index contributed by atoms with van der Waals surface area (Å²) in [5.41, 5.74) is 3.63. The highest BCUT2D eigenvalue weighted by atomic mass is 19.1. The molecule has 0 aliphatic carbocycles. The van der Waals surface area contributed by atoms with E-state index in [1.807, 2.05) is 37.8 Å². The lowest BCUT2D eigenvalue weighted by molar-refractivity contribution is -0.123. The number of benzene rings is 2. The van der Waals surface area contributed by atoms with Crippen molar-refractivity contribution in [1.29, 1.82) is 0 Å². The molecule has 148 valence electrons. The summed E-state index contributed by atoms with van der Waals surface area (Å²) in [6.45, 7) is 7.64. The number of anilines is 1. The highest BCUT2D eigenvalue weighted by Crippen LogP contribution is 2.26. The van der Waals surface area contributed by atoms with Crippen LogP contribution in [-0.2, 0) is 4.79 Å². The fourth-order valence-electron chi connectivity index (χ4n) is 3.91. The Kier molecular flexibility index (Phi) is 6.12. The smallest absolute Gasteiger partial charge is 0.253 e. The van der Waals surface area contributed by atoms with E-state index in [-0.39, 0.29) is 23.5 Å². The molecule has 0 N–H and O–H groups in total. The van der Waals surface area contributed by atoms with Crippen LogP contribution in [0.4, 0.5) is 10.1 Å². The Morgan fingerprint density at radius 3 is 2.50 bits per heavy atom. The largest absolute Gasteiger partial charge is 0.338 e. The third-order valence-electron chi connectivity index (χ3n) is 5.37. The maximum atomic E-state index is 13.3. The summed E-state index contributed by atoms with van der Waals surface area (Å²) < 4.78 is 13.1. The quantitative estimate of drug-likeness (QED) is 0.789. The van der Waals surface area contributed by atoms with Crippen LogP contribution in [0, 0.1) is 25.6 Å². The van der Waals surface area contributed by atoms with Gasteiger partial charge in [0.05, 0.1) is 5.92 Å². The summed E-state index contributed by atoms with van der Waals surface area (Å²) in [5.74, 6) is -0.674. The first-order valence-electron chi connectivity index (χ1n) is 9.84. The van der Waals surface area contributed by atoms with Gasteiger partial charge in [-0.05, 0) is 69.5 Å². The van der Waals surface area contributed by atoms with Gasteiger partial charge in [-0.3, -0.25) is 9.59 Å². The van der Waals surface area contributed by atoms with Crippen LogP contribution in [0.25, 0.3) is 0 Å². The highest BCUT2D eigenvalue weighted by molar-refractivity contribution is 5.97. The van der Waals surface area contributed by atoms with Crippen LogP contribution in [0.15, 0.2) is 42.5 Å². The van der Waals surface area contributed by atoms with Gasteiger partial charge in [-0.2, -0.15) is 0 Å². The van der Waals surface area contributed by atoms with Crippen molar-refractivity contribution in [2.75, 3.05) is 24.5 Å². The Hall–Kier alpha value is -2.69. The molecule has 3 rings (SSSR count). The number of rotatable bonds is 4. The van der Waals surface area contributed by atoms with Gasteiger partial charge >= 0.3 is 0 Å². The van der Waals surface area contributed by atoms with Crippen LogP contribution < -0.4 is 4.90 Å². The van der Waals surface area contributed by atoms with Gasteiger partial charge in [0.1, 0.15) is 5.82 Å². The first-order valence-corrected chi connectivity index (χ1v) is 9.84. The summed E-state index contributed by atoms with van der Waals surface area (Å²) in [4.78, 5) is 29.6. The zero-order valence-corrected chi connectivity index (χ0v) is 16.7. The molecule has 0 radical (unpaired) electrons. The van der Waals surface area contributed by atoms with Crippen LogP contribution in [0.2, 0.25) is 0 Å². The third-order valence-corrected chi connectivity index (χ3v) is 5.37. The maximum Gasteiger partial charge on any atom is 0.253 e. The summed E-state index contributed by atoms with van der Waals surface area (Å²) in [6, 6.07) is 11.7. The van der Waals surface area contributed by atoms with E-state index in [0.29, 0.717) is 25.2 Å². The SMILES string of the molecule is CCN(C(=O)C1CCCN(C(=O)c2ccc(F)cc2)C1)c1ccc(C)cc1C. The molecule has 0 bridgehead atoms. The van der Waals surface area contributed by atoms with Crippen molar-refractivity contribution in [1.82, 2.24) is 4.90 Å². The number of amides is 2. The lowest BCUT2D eigenvalue weighted by atomic mass is 9.95. The number of aryl methyl sites for hydroxylation is 2. The number of halogens is 1. The first kappa shape index (κ1) is 20.1. The van der Waals surface area contributed by atoms with E-state index in [2.05, 4.69) is 6.07 Å². The second kappa shape index (κ2) is 8.55. The van der Waals surface area contributed by atoms with Gasteiger partial charge in [-0.25, -0.2) is 4.39 Å². The topological polar surface area (TPSA) is 40.6 Å². The van der Waals surface area contributed by atoms with Crippen molar-refractivity contribution in [3.63, 3.8) is 0 Å². The highest BCUT2D eigenvalue weighted by Gasteiger charge is 2.32. The van der Waals surface area contributed by atoms with Gasteiger partial charge in [0, 0.05) is 30.9 Å². The molecule has 0 saturated carbocycles. The van der Waals surface area contributed by atoms with Crippen LogP contribution in [0.3, 0.4) is 0 Å². The number of carbonyl (C=O) groups is 2. The molecule has 5 heteroatoms. The van der Waals surface area contributed by atoms with E-state index in [9.17, 15) is 14.0 Å². The van der Waals surface area contributed by atoms with Crippen molar-refractivity contribution in [2.24, 2.45) is 5.92 Å². The van der Waals surface area contributed by atoms with Crippen LogP contribution in [-0.4, -0.2) is 36.3 Å². The molecule has 1 aliphatic heterocycles. The molecule has 2 aromatic carbocycles. The molecule has 2 aromatic rings. The molecule has 1 saturated heterocycles. The van der Waals surface area contributed by atoms with E-state index < -0.39 is 0 Å². The minimum atomic E-state index is -0.365. The average molecular weight is 382 g/mol. The van der Waals surface area contributed by atoms with Crippen LogP contribution in [0.1, 0.15) is 41.3 Å². The van der Waals surface area contributed by atoms with E-state index in [0.717, 1.165) is 24.1 Å². The molecular formula is C23H27FN2O2. The Labute approximate surface area is 166 Å². The van der Waals surface area contributed by atoms with E-state index in [4.69, 9.17) is 0 Å². The van der Waals surface area contributed by atoms with E-state index >= 15 is 0 Å². The molecular weight excluding hydrogens is 355 g/mol. The van der Waals surface area contributed by atoms with Crippen molar-refractivity contribution in [3.05, 3.63) is 65.0 Å². The molecule has 1 aliphatic rings. The summed E-state index contributed by atoms with van der Waals surface area (Å²) >= 11 is 0. The van der Waals surface area contributed by atoms with Gasteiger partial charge in [-0.15, -0.1) is 0 Å². The van der Waals surface area contributed by atoms with Crippen molar-refractivity contribution in [2.45, 2.75) is 33.6 Å². The molecule has 1 atom stereocenters. The molecule has 1 heterocycles. The number of hydrogen-bond donors (Lipinski definition) is 0. The number of likely N-dealkylation sites (tertiary alicyclic amines) is 1. The summed E-state index contributed by atoms with van der Waals surface area (Å²) in [6.07, 6.45) is 1.56. The zero-order chi connectivity index (χ0) is 20.3. The second-order valence-electron chi connectivity index (χ2n) is 7.47. The molecule has 4 nitrogen and oxygen atoms in total. The predicted octanol–water partition coefficient (Wildman–Crippen LogP) is 4.35. The molecule has 1 unspecified atom stereocenters. The molecule has 28 heavy (non-hydrogen) atoms. The average Bonchev–Trinajstić information content (AvgIpc) is 2.70. The third kappa shape index (κ3) is 4.24. The summed E-state index contributed by atoms with van der Waals surface area (Å²) in [7, 11) is 0. The number of hydrogen-bond acceptors (Lipinski definition) is 2. The second-order valence-corrected chi connectivity index (χ2v) is 7.47. The zero-order valence-electron chi connectivity index (χ0n) is 16.7. The van der Waals surface area contributed by atoms with Crippen molar-refractivity contribution < 1.29 is 14.0 Å². The van der Waals surface area contributed by atoms with Crippen molar-refractivity contribution in [3.8, 4) is 0 Å². The van der Waals surface area contributed by atoms with Gasteiger partial charge in [0.2, 0.25) is 5.91 Å². The monoisotopic (exact) mass is 382 g/mol. The van der Waals surface area contributed by atoms with Gasteiger partial charge in [-0.1, -0.05) is 17.7 Å². The Balaban J connectivity index is 1.76. The van der Waals surface area contributed by atoms with E-state index in [1.165, 1.54) is 29.8 Å². The Morgan fingerprint density at radius 2 is 1.86 bits per heavy atom. The normalized spacial score (nSPS) is 16.7. The standard InChI is InChI=1S/C23H27FN2O2/c1-4-26(21-12-7-16(2)14-17(21)3)23(28)19-6-5-13-25(15-19)22(27)18-8-10-20(24)11-9-18/h7-12,14,19H,4-6,13,15H2,1-3H3. The molecule has 0 spiro atoms. The minimum Gasteiger partial charge on any atom is -0.338 e. The lowest BCUT2D eigenvalue weighted by Crippen LogP contribution is -2.47. The van der Waals surface area contributed by atoms with Crippen molar-refractivity contribution >= 4 is 17.5 Å². The summed E-state index contributed by atoms with van der Waals surface area (Å²) in [5, 5.41) is 0.